The minimum atomic E-state index is -2.42. The number of aryl methyl sites for hydroxylation is 1. The Bertz CT molecular complexity index is 849. The highest BCUT2D eigenvalue weighted by atomic mass is 32.1. The van der Waals surface area contributed by atoms with Crippen LogP contribution in [0.4, 0.5) is 8.78 Å². The molecule has 0 radical (unpaired) electrons. The minimum absolute atomic E-state index is 0.336. The molecule has 5 nitrogen and oxygen atoms in total. The molecule has 0 aliphatic carbocycles. The lowest BCUT2D eigenvalue weighted by molar-refractivity contribution is 0.104. The number of aromatic nitrogens is 1. The van der Waals surface area contributed by atoms with Gasteiger partial charge >= 0.3 is 0 Å². The van der Waals surface area contributed by atoms with Gasteiger partial charge in [-0.1, -0.05) is 37.8 Å². The van der Waals surface area contributed by atoms with Gasteiger partial charge in [0.05, 0.1) is 24.8 Å². The first kappa shape index (κ1) is 27.0. The SMILES string of the molecule is C=CNC(CNCCc1ccnc(COCc2ccc(CCS)cc2)c1)/N=C\C(C)C(F)F. The van der Waals surface area contributed by atoms with Crippen LogP contribution in [0.5, 0.6) is 0 Å². The van der Waals surface area contributed by atoms with Crippen LogP contribution in [0.15, 0.2) is 60.4 Å². The number of ether oxygens (including phenoxy) is 1. The molecule has 33 heavy (non-hydrogen) atoms. The first-order valence-corrected chi connectivity index (χ1v) is 11.7. The van der Waals surface area contributed by atoms with E-state index in [-0.39, 0.29) is 6.17 Å². The Balaban J connectivity index is 1.73. The zero-order chi connectivity index (χ0) is 23.9. The highest BCUT2D eigenvalue weighted by molar-refractivity contribution is 7.80. The lowest BCUT2D eigenvalue weighted by Crippen LogP contribution is -2.35. The fraction of sp³-hybridized carbons (Fsp3) is 0.440. The van der Waals surface area contributed by atoms with E-state index in [1.807, 2.05) is 12.1 Å². The lowest BCUT2D eigenvalue weighted by atomic mass is 10.1. The number of aliphatic imine (C=N–C) groups is 1. The Labute approximate surface area is 201 Å². The summed E-state index contributed by atoms with van der Waals surface area (Å²) >= 11 is 4.26. The molecule has 2 aromatic rings. The zero-order valence-electron chi connectivity index (χ0n) is 19.1. The van der Waals surface area contributed by atoms with E-state index in [9.17, 15) is 8.78 Å². The molecule has 1 heterocycles. The number of nitrogens with one attached hydrogen (secondary N) is 2. The predicted molar refractivity (Wildman–Crippen MR) is 134 cm³/mol. The molecule has 2 atom stereocenters. The normalized spacial score (nSPS) is 13.4. The first-order valence-electron chi connectivity index (χ1n) is 11.1. The van der Waals surface area contributed by atoms with E-state index in [4.69, 9.17) is 4.74 Å². The van der Waals surface area contributed by atoms with Crippen LogP contribution >= 0.6 is 12.6 Å². The molecule has 0 aliphatic rings. The number of pyridine rings is 1. The highest BCUT2D eigenvalue weighted by Crippen LogP contribution is 2.10. The maximum atomic E-state index is 12.6. The summed E-state index contributed by atoms with van der Waals surface area (Å²) in [6, 6.07) is 12.4. The van der Waals surface area contributed by atoms with E-state index in [0.717, 1.165) is 42.0 Å². The van der Waals surface area contributed by atoms with Gasteiger partial charge in [0.25, 0.3) is 0 Å². The molecule has 180 valence electrons. The summed E-state index contributed by atoms with van der Waals surface area (Å²) in [4.78, 5) is 8.58. The molecule has 0 saturated heterocycles. The highest BCUT2D eigenvalue weighted by Gasteiger charge is 2.12. The van der Waals surface area contributed by atoms with Crippen molar-refractivity contribution < 1.29 is 13.5 Å². The third-order valence-corrected chi connectivity index (χ3v) is 5.18. The smallest absolute Gasteiger partial charge is 0.246 e. The van der Waals surface area contributed by atoms with Gasteiger partial charge in [-0.3, -0.25) is 9.98 Å². The van der Waals surface area contributed by atoms with Gasteiger partial charge in [0.1, 0.15) is 6.17 Å². The molecule has 2 rings (SSSR count). The molecule has 0 saturated carbocycles. The van der Waals surface area contributed by atoms with Crippen LogP contribution in [-0.4, -0.2) is 42.6 Å². The molecule has 1 aromatic carbocycles. The Morgan fingerprint density at radius 3 is 2.58 bits per heavy atom. The van der Waals surface area contributed by atoms with Gasteiger partial charge in [0.2, 0.25) is 6.43 Å². The standard InChI is InChI=1S/C25H34F2N4OS/c1-3-29-24(31-15-19(2)25(26)27)16-28-11-8-21-9-12-30-23(14-21)18-32-17-22-6-4-20(5-7-22)10-13-33/h3-7,9,12,14-15,19,24-25,28-29,33H,1,8,10-11,13,16-18H2,2H3/b31-15-. The monoisotopic (exact) mass is 476 g/mol. The van der Waals surface area contributed by atoms with Gasteiger partial charge in [0, 0.05) is 19.0 Å². The predicted octanol–water partition coefficient (Wildman–Crippen LogP) is 4.43. The van der Waals surface area contributed by atoms with E-state index in [2.05, 4.69) is 64.1 Å². The van der Waals surface area contributed by atoms with Gasteiger partial charge in [-0.25, -0.2) is 8.78 Å². The summed E-state index contributed by atoms with van der Waals surface area (Å²) in [7, 11) is 0. The van der Waals surface area contributed by atoms with Gasteiger partial charge in [-0.05, 0) is 60.2 Å². The summed E-state index contributed by atoms with van der Waals surface area (Å²) in [6.07, 6.45) is 3.61. The number of halogens is 2. The van der Waals surface area contributed by atoms with Gasteiger partial charge < -0.3 is 15.4 Å². The Morgan fingerprint density at radius 2 is 1.88 bits per heavy atom. The summed E-state index contributed by atoms with van der Waals surface area (Å²) in [6.45, 7) is 7.27. The number of thiol groups is 1. The Hall–Kier alpha value is -2.29. The number of hydrogen-bond donors (Lipinski definition) is 3. The molecular formula is C25H34F2N4OS. The average molecular weight is 477 g/mol. The Morgan fingerprint density at radius 1 is 1.12 bits per heavy atom. The molecule has 2 unspecified atom stereocenters. The van der Waals surface area contributed by atoms with Crippen molar-refractivity contribution in [3.8, 4) is 0 Å². The van der Waals surface area contributed by atoms with E-state index in [0.29, 0.717) is 19.8 Å². The van der Waals surface area contributed by atoms with Crippen LogP contribution < -0.4 is 10.6 Å². The van der Waals surface area contributed by atoms with Crippen molar-refractivity contribution in [1.82, 2.24) is 15.6 Å². The fourth-order valence-electron chi connectivity index (χ4n) is 3.03. The van der Waals surface area contributed by atoms with Crippen LogP contribution in [0.2, 0.25) is 0 Å². The topological polar surface area (TPSA) is 58.5 Å². The second-order valence-electron chi connectivity index (χ2n) is 7.77. The van der Waals surface area contributed by atoms with Crippen molar-refractivity contribution in [2.75, 3.05) is 18.8 Å². The van der Waals surface area contributed by atoms with Crippen LogP contribution in [0.1, 0.15) is 29.3 Å². The van der Waals surface area contributed by atoms with Crippen LogP contribution in [0, 0.1) is 5.92 Å². The van der Waals surface area contributed by atoms with Gasteiger partial charge in [-0.15, -0.1) is 0 Å². The lowest BCUT2D eigenvalue weighted by Gasteiger charge is -2.15. The van der Waals surface area contributed by atoms with Crippen molar-refractivity contribution in [3.05, 3.63) is 77.8 Å². The minimum Gasteiger partial charge on any atom is -0.370 e. The second kappa shape index (κ2) is 15.5. The first-order chi connectivity index (χ1) is 16.0. The largest absolute Gasteiger partial charge is 0.370 e. The Kier molecular flexibility index (Phi) is 12.7. The van der Waals surface area contributed by atoms with Crippen molar-refractivity contribution in [3.63, 3.8) is 0 Å². The molecule has 8 heteroatoms. The molecule has 0 spiro atoms. The van der Waals surface area contributed by atoms with Crippen LogP contribution in [-0.2, 0) is 30.8 Å². The number of hydrogen-bond acceptors (Lipinski definition) is 6. The number of benzene rings is 1. The molecule has 1 aromatic heterocycles. The molecule has 0 fully saturated rings. The van der Waals surface area contributed by atoms with Crippen molar-refractivity contribution in [1.29, 1.82) is 0 Å². The zero-order valence-corrected chi connectivity index (χ0v) is 20.0. The maximum Gasteiger partial charge on any atom is 0.246 e. The van der Waals surface area contributed by atoms with E-state index >= 15 is 0 Å². The van der Waals surface area contributed by atoms with Crippen molar-refractivity contribution >= 4 is 18.8 Å². The average Bonchev–Trinajstić information content (AvgIpc) is 2.81. The van der Waals surface area contributed by atoms with Crippen molar-refractivity contribution in [2.24, 2.45) is 10.9 Å². The summed E-state index contributed by atoms with van der Waals surface area (Å²) in [5.74, 6) is -0.0391. The third kappa shape index (κ3) is 10.9. The van der Waals surface area contributed by atoms with E-state index in [1.54, 1.807) is 6.20 Å². The molecule has 2 N–H and O–H groups in total. The van der Waals surface area contributed by atoms with Crippen molar-refractivity contribution in [2.45, 2.75) is 45.6 Å². The summed E-state index contributed by atoms with van der Waals surface area (Å²) in [5, 5.41) is 6.26. The molecule has 0 bridgehead atoms. The number of alkyl halides is 2. The fourth-order valence-corrected chi connectivity index (χ4v) is 3.29. The van der Waals surface area contributed by atoms with Crippen LogP contribution in [0.3, 0.4) is 0 Å². The van der Waals surface area contributed by atoms with E-state index in [1.165, 1.54) is 24.9 Å². The quantitative estimate of drug-likeness (QED) is 0.191. The third-order valence-electron chi connectivity index (χ3n) is 4.96. The maximum absolute atomic E-state index is 12.6. The van der Waals surface area contributed by atoms with Crippen LogP contribution in [0.25, 0.3) is 0 Å². The number of nitrogens with zero attached hydrogens (tertiary/aromatic N) is 2. The molecular weight excluding hydrogens is 442 g/mol. The number of rotatable bonds is 16. The van der Waals surface area contributed by atoms with Gasteiger partial charge in [-0.2, -0.15) is 12.6 Å². The summed E-state index contributed by atoms with van der Waals surface area (Å²) in [5.41, 5.74) is 4.44. The molecule has 0 aliphatic heterocycles. The van der Waals surface area contributed by atoms with E-state index < -0.39 is 12.3 Å². The van der Waals surface area contributed by atoms with Gasteiger partial charge in [0.15, 0.2) is 0 Å². The molecule has 0 amide bonds. The second-order valence-corrected chi connectivity index (χ2v) is 8.22. The summed E-state index contributed by atoms with van der Waals surface area (Å²) < 4.78 is 31.1.